The van der Waals surface area contributed by atoms with Crippen LogP contribution in [0.15, 0.2) is 48.5 Å². The van der Waals surface area contributed by atoms with Gasteiger partial charge in [0.2, 0.25) is 0 Å². The molecule has 0 aliphatic carbocycles. The molecular formula is C25H27ClN4O2. The zero-order valence-corrected chi connectivity index (χ0v) is 19.8. The molecule has 0 amide bonds. The van der Waals surface area contributed by atoms with Gasteiger partial charge in [-0.2, -0.15) is 10.2 Å². The third-order valence-electron chi connectivity index (χ3n) is 5.69. The Hall–Kier alpha value is -3.25. The van der Waals surface area contributed by atoms with E-state index < -0.39 is 0 Å². The molecule has 2 aromatic heterocycles. The number of aryl methyl sites for hydroxylation is 1. The quantitative estimate of drug-likeness (QED) is 0.358. The molecule has 2 aromatic carbocycles. The Morgan fingerprint density at radius 3 is 1.84 bits per heavy atom. The van der Waals surface area contributed by atoms with E-state index in [1.165, 1.54) is 5.56 Å². The van der Waals surface area contributed by atoms with Crippen LogP contribution < -0.4 is 9.47 Å². The van der Waals surface area contributed by atoms with Gasteiger partial charge >= 0.3 is 0 Å². The third kappa shape index (κ3) is 3.98. The minimum Gasteiger partial charge on any atom is -0.497 e. The standard InChI is InChI=1S/C25H27ClN4O2/c1-6-22-24(18-7-11-20(31-4)12-8-18)28-30(15-29-17(3)23(26)16(2)27-29)25(22)19-9-13-21(32-5)14-10-19/h7-14H,6,15H2,1-5H3. The summed E-state index contributed by atoms with van der Waals surface area (Å²) in [6.07, 6.45) is 0.834. The Morgan fingerprint density at radius 2 is 1.38 bits per heavy atom. The van der Waals surface area contributed by atoms with Crippen molar-refractivity contribution >= 4 is 11.6 Å². The molecule has 2 heterocycles. The predicted octanol–water partition coefficient (Wildman–Crippen LogP) is 5.77. The first kappa shape index (κ1) is 22.0. The van der Waals surface area contributed by atoms with Gasteiger partial charge in [0.05, 0.1) is 42.0 Å². The molecule has 0 spiro atoms. The maximum atomic E-state index is 6.40. The summed E-state index contributed by atoms with van der Waals surface area (Å²) in [5.41, 5.74) is 7.04. The number of hydrogen-bond acceptors (Lipinski definition) is 4. The fraction of sp³-hybridized carbons (Fsp3) is 0.280. The largest absolute Gasteiger partial charge is 0.497 e. The first-order valence-electron chi connectivity index (χ1n) is 10.5. The van der Waals surface area contributed by atoms with Crippen LogP contribution in [-0.4, -0.2) is 33.8 Å². The maximum absolute atomic E-state index is 6.40. The normalized spacial score (nSPS) is 11.1. The number of benzene rings is 2. The zero-order valence-electron chi connectivity index (χ0n) is 19.0. The van der Waals surface area contributed by atoms with E-state index >= 15 is 0 Å². The molecule has 7 heteroatoms. The highest BCUT2D eigenvalue weighted by Gasteiger charge is 2.21. The number of nitrogens with zero attached hydrogens (tertiary/aromatic N) is 4. The van der Waals surface area contributed by atoms with E-state index in [1.807, 2.05) is 59.6 Å². The van der Waals surface area contributed by atoms with Gasteiger partial charge in [0, 0.05) is 16.7 Å². The first-order chi connectivity index (χ1) is 15.5. The predicted molar refractivity (Wildman–Crippen MR) is 128 cm³/mol. The number of aromatic nitrogens is 4. The number of ether oxygens (including phenoxy) is 2. The molecule has 4 rings (SSSR count). The average molecular weight is 451 g/mol. The second-order valence-electron chi connectivity index (χ2n) is 7.61. The number of rotatable bonds is 7. The van der Waals surface area contributed by atoms with Crippen molar-refractivity contribution in [3.8, 4) is 34.0 Å². The molecule has 0 fully saturated rings. The number of halogens is 1. The van der Waals surface area contributed by atoms with Gasteiger partial charge in [-0.3, -0.25) is 0 Å². The van der Waals surface area contributed by atoms with Crippen molar-refractivity contribution < 1.29 is 9.47 Å². The van der Waals surface area contributed by atoms with Crippen molar-refractivity contribution in [1.82, 2.24) is 19.6 Å². The highest BCUT2D eigenvalue weighted by molar-refractivity contribution is 6.31. The molecule has 0 bridgehead atoms. The van der Waals surface area contributed by atoms with Crippen LogP contribution in [0.4, 0.5) is 0 Å². The van der Waals surface area contributed by atoms with Gasteiger partial charge < -0.3 is 9.47 Å². The summed E-state index contributed by atoms with van der Waals surface area (Å²) in [7, 11) is 3.34. The summed E-state index contributed by atoms with van der Waals surface area (Å²) in [5, 5.41) is 10.3. The minimum atomic E-state index is 0.462. The molecular weight excluding hydrogens is 424 g/mol. The van der Waals surface area contributed by atoms with Crippen molar-refractivity contribution in [2.45, 2.75) is 33.9 Å². The molecule has 0 aliphatic heterocycles. The third-order valence-corrected chi connectivity index (χ3v) is 6.24. The van der Waals surface area contributed by atoms with Crippen molar-refractivity contribution in [1.29, 1.82) is 0 Å². The highest BCUT2D eigenvalue weighted by Crippen LogP contribution is 2.34. The van der Waals surface area contributed by atoms with Crippen LogP contribution in [0.3, 0.4) is 0 Å². The van der Waals surface area contributed by atoms with Crippen molar-refractivity contribution in [2.24, 2.45) is 0 Å². The monoisotopic (exact) mass is 450 g/mol. The summed E-state index contributed by atoms with van der Waals surface area (Å²) in [4.78, 5) is 0. The van der Waals surface area contributed by atoms with E-state index in [0.29, 0.717) is 11.7 Å². The van der Waals surface area contributed by atoms with E-state index in [-0.39, 0.29) is 0 Å². The van der Waals surface area contributed by atoms with Crippen LogP contribution in [0.25, 0.3) is 22.5 Å². The van der Waals surface area contributed by atoms with Crippen LogP contribution in [0.1, 0.15) is 23.9 Å². The molecule has 4 aromatic rings. The van der Waals surface area contributed by atoms with Crippen LogP contribution in [0.2, 0.25) is 5.02 Å². The summed E-state index contributed by atoms with van der Waals surface area (Å²) in [6, 6.07) is 16.1. The summed E-state index contributed by atoms with van der Waals surface area (Å²) >= 11 is 6.40. The molecule has 0 N–H and O–H groups in total. The molecule has 0 saturated carbocycles. The fourth-order valence-electron chi connectivity index (χ4n) is 3.93. The summed E-state index contributed by atoms with van der Waals surface area (Å²) in [5.74, 6) is 1.64. The topological polar surface area (TPSA) is 54.1 Å². The lowest BCUT2D eigenvalue weighted by molar-refractivity contribution is 0.414. The second kappa shape index (κ2) is 9.09. The lowest BCUT2D eigenvalue weighted by Crippen LogP contribution is -2.14. The van der Waals surface area contributed by atoms with Crippen LogP contribution in [-0.2, 0) is 13.1 Å². The minimum absolute atomic E-state index is 0.462. The van der Waals surface area contributed by atoms with Crippen LogP contribution >= 0.6 is 11.6 Å². The van der Waals surface area contributed by atoms with Crippen molar-refractivity contribution in [3.63, 3.8) is 0 Å². The molecule has 0 aliphatic rings. The van der Waals surface area contributed by atoms with Crippen molar-refractivity contribution in [2.75, 3.05) is 14.2 Å². The van der Waals surface area contributed by atoms with Gasteiger partial charge in [-0.15, -0.1) is 0 Å². The Balaban J connectivity index is 1.88. The van der Waals surface area contributed by atoms with E-state index in [0.717, 1.165) is 51.8 Å². The number of hydrogen-bond donors (Lipinski definition) is 0. The van der Waals surface area contributed by atoms with Crippen LogP contribution in [0.5, 0.6) is 11.5 Å². The van der Waals surface area contributed by atoms with E-state index in [2.05, 4.69) is 24.2 Å². The van der Waals surface area contributed by atoms with Gasteiger partial charge in [-0.05, 0) is 68.8 Å². The lowest BCUT2D eigenvalue weighted by atomic mass is 10.00. The highest BCUT2D eigenvalue weighted by atomic mass is 35.5. The average Bonchev–Trinajstić information content (AvgIpc) is 3.31. The first-order valence-corrected chi connectivity index (χ1v) is 10.9. The van der Waals surface area contributed by atoms with E-state index in [4.69, 9.17) is 26.2 Å². The maximum Gasteiger partial charge on any atom is 0.134 e. The van der Waals surface area contributed by atoms with Crippen molar-refractivity contribution in [3.05, 3.63) is 70.5 Å². The molecule has 0 radical (unpaired) electrons. The smallest absolute Gasteiger partial charge is 0.134 e. The number of methoxy groups -OCH3 is 2. The zero-order chi connectivity index (χ0) is 22.8. The van der Waals surface area contributed by atoms with Gasteiger partial charge in [0.15, 0.2) is 0 Å². The summed E-state index contributed by atoms with van der Waals surface area (Å²) < 4.78 is 14.6. The molecule has 0 unspecified atom stereocenters. The van der Waals surface area contributed by atoms with E-state index in [1.54, 1.807) is 14.2 Å². The van der Waals surface area contributed by atoms with Gasteiger partial charge in [0.25, 0.3) is 0 Å². The lowest BCUT2D eigenvalue weighted by Gasteiger charge is -2.11. The fourth-order valence-corrected chi connectivity index (χ4v) is 4.06. The SMILES string of the molecule is CCc1c(-c2ccc(OC)cc2)nn(Cn2nc(C)c(Cl)c2C)c1-c1ccc(OC)cc1. The Morgan fingerprint density at radius 1 is 0.812 bits per heavy atom. The Bertz CT molecular complexity index is 1220. The van der Waals surface area contributed by atoms with Gasteiger partial charge in [-0.25, -0.2) is 9.36 Å². The van der Waals surface area contributed by atoms with Crippen LogP contribution in [0, 0.1) is 13.8 Å². The van der Waals surface area contributed by atoms with Gasteiger partial charge in [0.1, 0.15) is 18.2 Å². The summed E-state index contributed by atoms with van der Waals surface area (Å²) in [6.45, 7) is 6.51. The Kier molecular flexibility index (Phi) is 6.24. The van der Waals surface area contributed by atoms with Gasteiger partial charge in [-0.1, -0.05) is 18.5 Å². The molecule has 32 heavy (non-hydrogen) atoms. The molecule has 166 valence electrons. The Labute approximate surface area is 193 Å². The molecule has 6 nitrogen and oxygen atoms in total. The second-order valence-corrected chi connectivity index (χ2v) is 7.99. The molecule has 0 atom stereocenters. The van der Waals surface area contributed by atoms with E-state index in [9.17, 15) is 0 Å². The molecule has 0 saturated heterocycles.